The fourth-order valence-electron chi connectivity index (χ4n) is 2.31. The van der Waals surface area contributed by atoms with Gasteiger partial charge in [0.25, 0.3) is 0 Å². The summed E-state index contributed by atoms with van der Waals surface area (Å²) in [6, 6.07) is 6.52. The number of hydrogen-bond acceptors (Lipinski definition) is 1. The summed E-state index contributed by atoms with van der Waals surface area (Å²) in [7, 11) is 0. The van der Waals surface area contributed by atoms with Crippen molar-refractivity contribution in [3.05, 3.63) is 32.7 Å². The summed E-state index contributed by atoms with van der Waals surface area (Å²) in [6.45, 7) is 0. The van der Waals surface area contributed by atoms with Gasteiger partial charge in [0, 0.05) is 15.0 Å². The van der Waals surface area contributed by atoms with Crippen LogP contribution < -0.4 is 5.73 Å². The molecule has 0 heterocycles. The van der Waals surface area contributed by atoms with Gasteiger partial charge in [-0.3, -0.25) is 0 Å². The molecule has 0 unspecified atom stereocenters. The first-order valence-electron chi connectivity index (χ1n) is 5.39. The molecular formula is C12H16Br2ClN. The Labute approximate surface area is 120 Å². The van der Waals surface area contributed by atoms with E-state index in [2.05, 4.69) is 50.1 Å². The summed E-state index contributed by atoms with van der Waals surface area (Å²) in [5.74, 6) is 0.679. The van der Waals surface area contributed by atoms with E-state index in [1.807, 2.05) is 0 Å². The molecule has 1 fully saturated rings. The average Bonchev–Trinajstić information content (AvgIpc) is 2.74. The molecule has 1 aromatic rings. The Hall–Kier alpha value is 0.430. The topological polar surface area (TPSA) is 26.0 Å². The van der Waals surface area contributed by atoms with Gasteiger partial charge in [-0.2, -0.15) is 0 Å². The highest BCUT2D eigenvalue weighted by Crippen LogP contribution is 2.35. The second-order valence-electron chi connectivity index (χ2n) is 4.24. The molecule has 2 N–H and O–H groups in total. The average molecular weight is 370 g/mol. The van der Waals surface area contributed by atoms with Gasteiger partial charge in [-0.15, -0.1) is 12.4 Å². The third-order valence-corrected chi connectivity index (χ3v) is 5.12. The standard InChI is InChI=1S/C12H15Br2N.ClH/c13-10-6-5-9(7-11(10)14)12(15)8-3-1-2-4-8;/h5-8,12H,1-4,15H2;1H/t12-;/m1./s1. The molecule has 1 aliphatic rings. The largest absolute Gasteiger partial charge is 0.324 e. The van der Waals surface area contributed by atoms with Crippen LogP contribution in [-0.4, -0.2) is 0 Å². The number of hydrogen-bond donors (Lipinski definition) is 1. The van der Waals surface area contributed by atoms with E-state index in [1.165, 1.54) is 31.2 Å². The van der Waals surface area contributed by atoms with Gasteiger partial charge in [0.2, 0.25) is 0 Å². The summed E-state index contributed by atoms with van der Waals surface area (Å²) >= 11 is 6.99. The lowest BCUT2D eigenvalue weighted by atomic mass is 9.93. The minimum absolute atomic E-state index is 0. The van der Waals surface area contributed by atoms with Gasteiger partial charge in [-0.25, -0.2) is 0 Å². The first-order valence-corrected chi connectivity index (χ1v) is 6.97. The minimum Gasteiger partial charge on any atom is -0.324 e. The predicted molar refractivity (Wildman–Crippen MR) is 78.0 cm³/mol. The maximum Gasteiger partial charge on any atom is 0.0323 e. The van der Waals surface area contributed by atoms with Crippen molar-refractivity contribution in [1.82, 2.24) is 0 Å². The van der Waals surface area contributed by atoms with Crippen LogP contribution >= 0.6 is 44.3 Å². The van der Waals surface area contributed by atoms with Crippen molar-refractivity contribution in [2.75, 3.05) is 0 Å². The van der Waals surface area contributed by atoms with Crippen LogP contribution in [0.25, 0.3) is 0 Å². The molecule has 1 nitrogen and oxygen atoms in total. The van der Waals surface area contributed by atoms with Crippen molar-refractivity contribution in [3.63, 3.8) is 0 Å². The Kier molecular flexibility index (Phi) is 5.78. The summed E-state index contributed by atoms with van der Waals surface area (Å²) in [6.07, 6.45) is 5.26. The van der Waals surface area contributed by atoms with E-state index in [0.717, 1.165) is 8.95 Å². The van der Waals surface area contributed by atoms with Crippen LogP contribution in [0.1, 0.15) is 37.3 Å². The van der Waals surface area contributed by atoms with Crippen LogP contribution in [0.2, 0.25) is 0 Å². The van der Waals surface area contributed by atoms with Gasteiger partial charge in [0.1, 0.15) is 0 Å². The molecule has 1 aliphatic carbocycles. The Balaban J connectivity index is 0.00000128. The molecule has 0 aromatic heterocycles. The van der Waals surface area contributed by atoms with Crippen molar-refractivity contribution in [3.8, 4) is 0 Å². The second-order valence-corrected chi connectivity index (χ2v) is 5.95. The van der Waals surface area contributed by atoms with E-state index in [9.17, 15) is 0 Å². The highest BCUT2D eigenvalue weighted by atomic mass is 79.9. The molecule has 0 aliphatic heterocycles. The molecule has 0 spiro atoms. The molecule has 0 radical (unpaired) electrons. The number of nitrogens with two attached hydrogens (primary N) is 1. The van der Waals surface area contributed by atoms with Crippen molar-refractivity contribution in [2.24, 2.45) is 11.7 Å². The molecule has 90 valence electrons. The maximum atomic E-state index is 6.28. The highest BCUT2D eigenvalue weighted by Gasteiger charge is 2.23. The third kappa shape index (κ3) is 3.22. The van der Waals surface area contributed by atoms with Crippen LogP contribution in [0.15, 0.2) is 27.1 Å². The molecule has 4 heteroatoms. The van der Waals surface area contributed by atoms with Crippen molar-refractivity contribution < 1.29 is 0 Å². The SMILES string of the molecule is Cl.N[C@@H](c1ccc(Br)c(Br)c1)C1CCCC1. The normalized spacial score (nSPS) is 18.2. The van der Waals surface area contributed by atoms with Crippen LogP contribution in [0, 0.1) is 5.92 Å². The molecule has 1 atom stereocenters. The van der Waals surface area contributed by atoms with E-state index in [1.54, 1.807) is 0 Å². The zero-order valence-corrected chi connectivity index (χ0v) is 12.9. The van der Waals surface area contributed by atoms with E-state index in [4.69, 9.17) is 5.73 Å². The fraction of sp³-hybridized carbons (Fsp3) is 0.500. The smallest absolute Gasteiger partial charge is 0.0323 e. The second kappa shape index (κ2) is 6.39. The maximum absolute atomic E-state index is 6.28. The van der Waals surface area contributed by atoms with Gasteiger partial charge in [-0.05, 0) is 68.3 Å². The van der Waals surface area contributed by atoms with Crippen LogP contribution in [0.5, 0.6) is 0 Å². The first-order chi connectivity index (χ1) is 7.18. The molecule has 1 aromatic carbocycles. The lowest BCUT2D eigenvalue weighted by Crippen LogP contribution is -2.18. The number of benzene rings is 1. The monoisotopic (exact) mass is 367 g/mol. The van der Waals surface area contributed by atoms with E-state index in [-0.39, 0.29) is 18.4 Å². The van der Waals surface area contributed by atoms with Gasteiger partial charge in [-0.1, -0.05) is 18.9 Å². The summed E-state index contributed by atoms with van der Waals surface area (Å²) in [5, 5.41) is 0. The lowest BCUT2D eigenvalue weighted by molar-refractivity contribution is 0.445. The number of rotatable bonds is 2. The van der Waals surface area contributed by atoms with Gasteiger partial charge >= 0.3 is 0 Å². The van der Waals surface area contributed by atoms with Gasteiger partial charge in [0.05, 0.1) is 0 Å². The Morgan fingerprint density at radius 1 is 1.12 bits per heavy atom. The zero-order chi connectivity index (χ0) is 10.8. The quantitative estimate of drug-likeness (QED) is 0.794. The summed E-state index contributed by atoms with van der Waals surface area (Å²) in [5.41, 5.74) is 7.53. The lowest BCUT2D eigenvalue weighted by Gasteiger charge is -2.19. The van der Waals surface area contributed by atoms with Gasteiger partial charge in [0.15, 0.2) is 0 Å². The Morgan fingerprint density at radius 2 is 1.75 bits per heavy atom. The van der Waals surface area contributed by atoms with Crippen molar-refractivity contribution >= 4 is 44.3 Å². The predicted octanol–water partition coefficient (Wildman–Crippen LogP) is 4.82. The molecule has 1 saturated carbocycles. The fourth-order valence-corrected chi connectivity index (χ4v) is 2.95. The molecule has 2 rings (SSSR count). The molecule has 0 amide bonds. The summed E-state index contributed by atoms with van der Waals surface area (Å²) in [4.78, 5) is 0. The van der Waals surface area contributed by atoms with E-state index < -0.39 is 0 Å². The Morgan fingerprint density at radius 3 is 2.31 bits per heavy atom. The van der Waals surface area contributed by atoms with Crippen LogP contribution in [0.3, 0.4) is 0 Å². The Bertz CT molecular complexity index is 351. The van der Waals surface area contributed by atoms with E-state index >= 15 is 0 Å². The van der Waals surface area contributed by atoms with Crippen molar-refractivity contribution in [2.45, 2.75) is 31.7 Å². The molecular weight excluding hydrogens is 353 g/mol. The third-order valence-electron chi connectivity index (χ3n) is 3.24. The summed E-state index contributed by atoms with van der Waals surface area (Å²) < 4.78 is 2.18. The van der Waals surface area contributed by atoms with Gasteiger partial charge < -0.3 is 5.73 Å². The minimum atomic E-state index is 0. The molecule has 0 saturated heterocycles. The van der Waals surface area contributed by atoms with Crippen LogP contribution in [0.4, 0.5) is 0 Å². The molecule has 0 bridgehead atoms. The zero-order valence-electron chi connectivity index (χ0n) is 8.96. The first kappa shape index (κ1) is 14.5. The van der Waals surface area contributed by atoms with Crippen LogP contribution in [-0.2, 0) is 0 Å². The van der Waals surface area contributed by atoms with E-state index in [0.29, 0.717) is 5.92 Å². The number of halogens is 3. The highest BCUT2D eigenvalue weighted by molar-refractivity contribution is 9.13. The molecule has 16 heavy (non-hydrogen) atoms. The van der Waals surface area contributed by atoms with Crippen molar-refractivity contribution in [1.29, 1.82) is 0 Å².